The van der Waals surface area contributed by atoms with Crippen LogP contribution in [-0.4, -0.2) is 12.4 Å². The quantitative estimate of drug-likeness (QED) is 0.473. The van der Waals surface area contributed by atoms with Gasteiger partial charge in [0.15, 0.2) is 0 Å². The number of nitrogen functional groups attached to an aromatic ring is 1. The molecule has 0 spiro atoms. The van der Waals surface area contributed by atoms with E-state index in [1.807, 2.05) is 36.4 Å². The Morgan fingerprint density at radius 1 is 1.20 bits per heavy atom. The molecule has 0 aliphatic heterocycles. The Kier molecular flexibility index (Phi) is 5.62. The number of benzene rings is 2. The smallest absolute Gasteiger partial charge is 0.119 e. The fraction of sp³-hybridized carbons (Fsp3) is 0.250. The molecule has 2 aromatic carbocycles. The van der Waals surface area contributed by atoms with E-state index in [-0.39, 0.29) is 0 Å². The molecular formula is C16H18ClNOS. The largest absolute Gasteiger partial charge is 0.494 e. The van der Waals surface area contributed by atoms with Crippen LogP contribution in [0.5, 0.6) is 5.75 Å². The van der Waals surface area contributed by atoms with Crippen molar-refractivity contribution in [1.29, 1.82) is 0 Å². The van der Waals surface area contributed by atoms with Gasteiger partial charge in [0.2, 0.25) is 0 Å². The fourth-order valence-corrected chi connectivity index (χ4v) is 3.06. The molecule has 2 rings (SSSR count). The van der Waals surface area contributed by atoms with Crippen LogP contribution in [0.2, 0.25) is 5.02 Å². The van der Waals surface area contributed by atoms with Gasteiger partial charge in [-0.3, -0.25) is 0 Å². The first-order valence-corrected chi connectivity index (χ1v) is 7.89. The van der Waals surface area contributed by atoms with Crippen molar-refractivity contribution in [2.24, 2.45) is 0 Å². The minimum Gasteiger partial charge on any atom is -0.494 e. The van der Waals surface area contributed by atoms with E-state index in [4.69, 9.17) is 22.1 Å². The molecule has 0 saturated carbocycles. The predicted octanol–water partition coefficient (Wildman–Crippen LogP) is 4.79. The first kappa shape index (κ1) is 15.1. The number of halogens is 1. The van der Waals surface area contributed by atoms with Crippen molar-refractivity contribution in [1.82, 2.24) is 0 Å². The second-order valence-corrected chi connectivity index (χ2v) is 6.04. The highest BCUT2D eigenvalue weighted by Gasteiger charge is 2.04. The molecule has 2 N–H and O–H groups in total. The number of anilines is 1. The van der Waals surface area contributed by atoms with Gasteiger partial charge in [0.1, 0.15) is 5.75 Å². The van der Waals surface area contributed by atoms with Crippen molar-refractivity contribution >= 4 is 29.1 Å². The zero-order chi connectivity index (χ0) is 14.4. The van der Waals surface area contributed by atoms with Gasteiger partial charge >= 0.3 is 0 Å². The Morgan fingerprint density at radius 3 is 2.75 bits per heavy atom. The molecule has 0 radical (unpaired) electrons. The molecule has 0 saturated heterocycles. The van der Waals surface area contributed by atoms with Gasteiger partial charge in [-0.2, -0.15) is 0 Å². The van der Waals surface area contributed by atoms with Crippen molar-refractivity contribution in [3.8, 4) is 5.75 Å². The Hall–Kier alpha value is -1.32. The van der Waals surface area contributed by atoms with Crippen molar-refractivity contribution in [2.45, 2.75) is 18.2 Å². The highest BCUT2D eigenvalue weighted by atomic mass is 35.5. The van der Waals surface area contributed by atoms with E-state index >= 15 is 0 Å². The molecular weight excluding hydrogens is 290 g/mol. The van der Waals surface area contributed by atoms with Crippen molar-refractivity contribution < 1.29 is 4.74 Å². The molecule has 0 heterocycles. The summed E-state index contributed by atoms with van der Waals surface area (Å²) in [5.74, 6) is 1.85. The third-order valence-corrected chi connectivity index (χ3v) is 4.45. The third kappa shape index (κ3) is 4.36. The van der Waals surface area contributed by atoms with Crippen LogP contribution < -0.4 is 10.5 Å². The van der Waals surface area contributed by atoms with E-state index in [0.29, 0.717) is 6.61 Å². The number of hydrogen-bond acceptors (Lipinski definition) is 3. The Bertz CT molecular complexity index is 554. The molecule has 4 heteroatoms. The molecule has 0 unspecified atom stereocenters. The maximum Gasteiger partial charge on any atom is 0.119 e. The lowest BCUT2D eigenvalue weighted by Crippen LogP contribution is -1.99. The number of rotatable bonds is 6. The standard InChI is InChI=1S/C16H18ClNOS/c1-12-5-2-6-13(11-12)19-9-4-10-20-16-14(17)7-3-8-15(16)18/h2-3,5-8,11H,4,9-10,18H2,1H3. The highest BCUT2D eigenvalue weighted by molar-refractivity contribution is 7.99. The summed E-state index contributed by atoms with van der Waals surface area (Å²) in [4.78, 5) is 0.963. The van der Waals surface area contributed by atoms with Gasteiger partial charge in [-0.25, -0.2) is 0 Å². The van der Waals surface area contributed by atoms with Gasteiger partial charge < -0.3 is 10.5 Å². The zero-order valence-corrected chi connectivity index (χ0v) is 13.0. The number of thioether (sulfide) groups is 1. The summed E-state index contributed by atoms with van der Waals surface area (Å²) >= 11 is 7.80. The van der Waals surface area contributed by atoms with Crippen LogP contribution in [0.1, 0.15) is 12.0 Å². The molecule has 2 aromatic rings. The molecule has 0 amide bonds. The summed E-state index contributed by atoms with van der Waals surface area (Å²) < 4.78 is 5.71. The van der Waals surface area contributed by atoms with E-state index < -0.39 is 0 Å². The van der Waals surface area contributed by atoms with Gasteiger partial charge in [-0.05, 0) is 43.2 Å². The second kappa shape index (κ2) is 7.46. The monoisotopic (exact) mass is 307 g/mol. The van der Waals surface area contributed by atoms with E-state index in [2.05, 4.69) is 13.0 Å². The van der Waals surface area contributed by atoms with E-state index in [0.717, 1.165) is 33.5 Å². The molecule has 0 atom stereocenters. The van der Waals surface area contributed by atoms with Gasteiger partial charge in [0.05, 0.1) is 11.6 Å². The highest BCUT2D eigenvalue weighted by Crippen LogP contribution is 2.32. The SMILES string of the molecule is Cc1cccc(OCCCSc2c(N)cccc2Cl)c1. The van der Waals surface area contributed by atoms with Crippen LogP contribution in [0.4, 0.5) is 5.69 Å². The topological polar surface area (TPSA) is 35.2 Å². The average molecular weight is 308 g/mol. The lowest BCUT2D eigenvalue weighted by molar-refractivity contribution is 0.318. The third-order valence-electron chi connectivity index (χ3n) is 2.79. The normalized spacial score (nSPS) is 10.5. The fourth-order valence-electron chi connectivity index (χ4n) is 1.81. The van der Waals surface area contributed by atoms with E-state index in [1.54, 1.807) is 11.8 Å². The summed E-state index contributed by atoms with van der Waals surface area (Å²) in [5, 5.41) is 0.717. The van der Waals surface area contributed by atoms with Crippen molar-refractivity contribution in [3.05, 3.63) is 53.1 Å². The Morgan fingerprint density at radius 2 is 2.00 bits per heavy atom. The predicted molar refractivity (Wildman–Crippen MR) is 87.9 cm³/mol. The summed E-state index contributed by atoms with van der Waals surface area (Å²) in [5.41, 5.74) is 7.85. The summed E-state index contributed by atoms with van der Waals surface area (Å²) in [6.07, 6.45) is 0.948. The van der Waals surface area contributed by atoms with Gasteiger partial charge in [-0.1, -0.05) is 29.8 Å². The molecule has 0 fully saturated rings. The van der Waals surface area contributed by atoms with Crippen LogP contribution >= 0.6 is 23.4 Å². The number of aryl methyl sites for hydroxylation is 1. The lowest BCUT2D eigenvalue weighted by Gasteiger charge is -2.09. The lowest BCUT2D eigenvalue weighted by atomic mass is 10.2. The maximum atomic E-state index is 6.12. The first-order valence-electron chi connectivity index (χ1n) is 6.53. The molecule has 0 bridgehead atoms. The summed E-state index contributed by atoms with van der Waals surface area (Å²) in [6, 6.07) is 13.7. The first-order chi connectivity index (χ1) is 9.66. The van der Waals surface area contributed by atoms with Crippen LogP contribution in [0.25, 0.3) is 0 Å². The van der Waals surface area contributed by atoms with Gasteiger partial charge in [0, 0.05) is 16.3 Å². The van der Waals surface area contributed by atoms with Crippen LogP contribution in [-0.2, 0) is 0 Å². The van der Waals surface area contributed by atoms with Crippen LogP contribution in [0.3, 0.4) is 0 Å². The van der Waals surface area contributed by atoms with Crippen LogP contribution in [0.15, 0.2) is 47.4 Å². The Labute approximate surface area is 129 Å². The molecule has 0 aliphatic rings. The average Bonchev–Trinajstić information content (AvgIpc) is 2.41. The molecule has 20 heavy (non-hydrogen) atoms. The van der Waals surface area contributed by atoms with E-state index in [9.17, 15) is 0 Å². The van der Waals surface area contributed by atoms with Crippen molar-refractivity contribution in [2.75, 3.05) is 18.1 Å². The molecule has 0 aliphatic carbocycles. The number of hydrogen-bond donors (Lipinski definition) is 1. The number of ether oxygens (including phenoxy) is 1. The minimum absolute atomic E-state index is 0.695. The molecule has 0 aromatic heterocycles. The molecule has 2 nitrogen and oxygen atoms in total. The van der Waals surface area contributed by atoms with E-state index in [1.165, 1.54) is 5.56 Å². The zero-order valence-electron chi connectivity index (χ0n) is 11.4. The minimum atomic E-state index is 0.695. The Balaban J connectivity index is 1.74. The van der Waals surface area contributed by atoms with Crippen molar-refractivity contribution in [3.63, 3.8) is 0 Å². The van der Waals surface area contributed by atoms with Gasteiger partial charge in [-0.15, -0.1) is 11.8 Å². The van der Waals surface area contributed by atoms with Crippen LogP contribution in [0, 0.1) is 6.92 Å². The molecule has 106 valence electrons. The summed E-state index contributed by atoms with van der Waals surface area (Å²) in [7, 11) is 0. The second-order valence-electron chi connectivity index (χ2n) is 4.53. The summed E-state index contributed by atoms with van der Waals surface area (Å²) in [6.45, 7) is 2.75. The maximum absolute atomic E-state index is 6.12. The van der Waals surface area contributed by atoms with Gasteiger partial charge in [0.25, 0.3) is 0 Å². The number of nitrogens with two attached hydrogens (primary N) is 1.